The molecule has 0 aliphatic heterocycles. The summed E-state index contributed by atoms with van der Waals surface area (Å²) in [5.41, 5.74) is 5.70. The van der Waals surface area contributed by atoms with Gasteiger partial charge in [0.1, 0.15) is 11.9 Å². The summed E-state index contributed by atoms with van der Waals surface area (Å²) < 4.78 is 2.26. The summed E-state index contributed by atoms with van der Waals surface area (Å²) in [6.07, 6.45) is 4.06. The van der Waals surface area contributed by atoms with E-state index in [2.05, 4.69) is 87.5 Å². The van der Waals surface area contributed by atoms with Crippen LogP contribution in [0.1, 0.15) is 17.0 Å². The highest BCUT2D eigenvalue weighted by Crippen LogP contribution is 2.28. The summed E-state index contributed by atoms with van der Waals surface area (Å²) in [4.78, 5) is 7.89. The molecule has 4 heteroatoms. The summed E-state index contributed by atoms with van der Waals surface area (Å²) in [7, 11) is 0. The molecule has 6 aromatic rings. The van der Waals surface area contributed by atoms with Gasteiger partial charge < -0.3 is 9.55 Å². The molecule has 4 nitrogen and oxygen atoms in total. The van der Waals surface area contributed by atoms with E-state index >= 15 is 0 Å². The molecule has 156 valence electrons. The Kier molecular flexibility index (Phi) is 4.52. The van der Waals surface area contributed by atoms with Crippen molar-refractivity contribution >= 4 is 44.4 Å². The molecular formula is C29H20N4. The number of hydrogen-bond donors (Lipinski definition) is 1. The number of nitriles is 1. The van der Waals surface area contributed by atoms with Gasteiger partial charge in [-0.1, -0.05) is 72.8 Å². The summed E-state index contributed by atoms with van der Waals surface area (Å²) >= 11 is 0. The Morgan fingerprint density at radius 2 is 1.64 bits per heavy atom. The number of nitrogens with one attached hydrogen (secondary N) is 1. The molecule has 0 bridgehead atoms. The van der Waals surface area contributed by atoms with Crippen molar-refractivity contribution < 1.29 is 0 Å². The lowest BCUT2D eigenvalue weighted by molar-refractivity contribution is 0.842. The Balaban J connectivity index is 1.47. The molecule has 0 aliphatic rings. The van der Waals surface area contributed by atoms with E-state index in [1.165, 1.54) is 16.3 Å². The van der Waals surface area contributed by atoms with E-state index in [-0.39, 0.29) is 0 Å². The fourth-order valence-corrected chi connectivity index (χ4v) is 4.52. The van der Waals surface area contributed by atoms with Crippen LogP contribution in [0, 0.1) is 11.3 Å². The van der Waals surface area contributed by atoms with Crippen LogP contribution in [0.25, 0.3) is 44.4 Å². The predicted molar refractivity (Wildman–Crippen MR) is 135 cm³/mol. The fraction of sp³-hybridized carbons (Fsp3) is 0.0345. The van der Waals surface area contributed by atoms with Crippen LogP contribution < -0.4 is 0 Å². The van der Waals surface area contributed by atoms with Crippen LogP contribution in [0.2, 0.25) is 0 Å². The molecule has 0 saturated heterocycles. The topological polar surface area (TPSA) is 57.4 Å². The quantitative estimate of drug-likeness (QED) is 0.317. The first-order valence-electron chi connectivity index (χ1n) is 10.9. The third kappa shape index (κ3) is 3.37. The molecule has 4 aromatic carbocycles. The van der Waals surface area contributed by atoms with Gasteiger partial charge in [-0.25, -0.2) is 4.98 Å². The highest BCUT2D eigenvalue weighted by Gasteiger charge is 2.12. The van der Waals surface area contributed by atoms with Gasteiger partial charge in [-0.3, -0.25) is 0 Å². The van der Waals surface area contributed by atoms with Crippen molar-refractivity contribution in [1.29, 1.82) is 5.26 Å². The monoisotopic (exact) mass is 424 g/mol. The van der Waals surface area contributed by atoms with Crippen molar-refractivity contribution in [3.63, 3.8) is 0 Å². The predicted octanol–water partition coefficient (Wildman–Crippen LogP) is 6.78. The minimum atomic E-state index is 0.513. The molecule has 2 aromatic heterocycles. The van der Waals surface area contributed by atoms with Crippen LogP contribution in [0.5, 0.6) is 0 Å². The van der Waals surface area contributed by atoms with Crippen LogP contribution in [0.3, 0.4) is 0 Å². The third-order valence-corrected chi connectivity index (χ3v) is 6.10. The van der Waals surface area contributed by atoms with Crippen molar-refractivity contribution in [2.75, 3.05) is 0 Å². The van der Waals surface area contributed by atoms with E-state index in [0.29, 0.717) is 11.4 Å². The first-order chi connectivity index (χ1) is 16.3. The van der Waals surface area contributed by atoms with Gasteiger partial charge in [-0.2, -0.15) is 5.26 Å². The number of H-pyrrole nitrogens is 1. The van der Waals surface area contributed by atoms with Gasteiger partial charge in [0.2, 0.25) is 0 Å². The molecule has 1 N–H and O–H groups in total. The van der Waals surface area contributed by atoms with Crippen molar-refractivity contribution in [2.24, 2.45) is 0 Å². The second-order valence-electron chi connectivity index (χ2n) is 8.14. The second-order valence-corrected chi connectivity index (χ2v) is 8.14. The molecule has 0 aliphatic carbocycles. The molecule has 2 heterocycles. The number of nitrogens with zero attached hydrogens (tertiary/aromatic N) is 3. The summed E-state index contributed by atoms with van der Waals surface area (Å²) in [5.74, 6) is 0.588. The van der Waals surface area contributed by atoms with E-state index in [1.54, 1.807) is 0 Å². The van der Waals surface area contributed by atoms with Gasteiger partial charge in [-0.15, -0.1) is 0 Å². The maximum absolute atomic E-state index is 9.91. The molecule has 0 saturated carbocycles. The average molecular weight is 425 g/mol. The molecular weight excluding hydrogens is 404 g/mol. The van der Waals surface area contributed by atoms with Crippen LogP contribution in [0.4, 0.5) is 0 Å². The smallest absolute Gasteiger partial charge is 0.149 e. The SMILES string of the molecule is N#C/C(=C\c1cn(Cc2cccc3ccccc23)c2ccccc12)c1nc2ccccc2[nH]1. The van der Waals surface area contributed by atoms with Gasteiger partial charge in [0, 0.05) is 29.2 Å². The normalized spacial score (nSPS) is 11.9. The summed E-state index contributed by atoms with van der Waals surface area (Å²) in [5, 5.41) is 13.5. The third-order valence-electron chi connectivity index (χ3n) is 6.10. The zero-order valence-corrected chi connectivity index (χ0v) is 17.9. The fourth-order valence-electron chi connectivity index (χ4n) is 4.52. The molecule has 0 radical (unpaired) electrons. The number of aromatic nitrogens is 3. The lowest BCUT2D eigenvalue weighted by Gasteiger charge is -2.09. The van der Waals surface area contributed by atoms with Gasteiger partial charge in [0.05, 0.1) is 16.6 Å². The lowest BCUT2D eigenvalue weighted by Crippen LogP contribution is -1.98. The minimum Gasteiger partial charge on any atom is -0.342 e. The van der Waals surface area contributed by atoms with Crippen LogP contribution in [-0.2, 0) is 6.54 Å². The van der Waals surface area contributed by atoms with Gasteiger partial charge in [0.25, 0.3) is 0 Å². The van der Waals surface area contributed by atoms with Crippen molar-refractivity contribution in [3.05, 3.63) is 114 Å². The number of imidazole rings is 1. The van der Waals surface area contributed by atoms with Gasteiger partial charge in [0.15, 0.2) is 0 Å². The Morgan fingerprint density at radius 1 is 0.879 bits per heavy atom. The molecule has 33 heavy (non-hydrogen) atoms. The molecule has 0 amide bonds. The van der Waals surface area contributed by atoms with Crippen LogP contribution in [-0.4, -0.2) is 14.5 Å². The van der Waals surface area contributed by atoms with Crippen molar-refractivity contribution in [1.82, 2.24) is 14.5 Å². The Labute approximate surface area is 191 Å². The number of aromatic amines is 1. The van der Waals surface area contributed by atoms with Gasteiger partial charge >= 0.3 is 0 Å². The Bertz CT molecular complexity index is 1670. The van der Waals surface area contributed by atoms with Crippen molar-refractivity contribution in [2.45, 2.75) is 6.54 Å². The minimum absolute atomic E-state index is 0.513. The van der Waals surface area contributed by atoms with E-state index < -0.39 is 0 Å². The zero-order chi connectivity index (χ0) is 22.2. The molecule has 0 fully saturated rings. The summed E-state index contributed by atoms with van der Waals surface area (Å²) in [6, 6.07) is 33.4. The lowest BCUT2D eigenvalue weighted by atomic mass is 10.0. The highest BCUT2D eigenvalue weighted by molar-refractivity contribution is 5.98. The van der Waals surface area contributed by atoms with E-state index in [1.807, 2.05) is 36.4 Å². The number of para-hydroxylation sites is 3. The second kappa shape index (κ2) is 7.81. The van der Waals surface area contributed by atoms with Crippen LogP contribution in [0.15, 0.2) is 97.2 Å². The van der Waals surface area contributed by atoms with Gasteiger partial charge in [-0.05, 0) is 40.6 Å². The number of allylic oxidation sites excluding steroid dienone is 1. The molecule has 0 unspecified atom stereocenters. The van der Waals surface area contributed by atoms with Crippen molar-refractivity contribution in [3.8, 4) is 6.07 Å². The number of fused-ring (bicyclic) bond motifs is 3. The average Bonchev–Trinajstić information content (AvgIpc) is 3.44. The number of benzene rings is 4. The summed E-state index contributed by atoms with van der Waals surface area (Å²) in [6.45, 7) is 0.752. The Hall–Kier alpha value is -4.62. The molecule has 0 spiro atoms. The first-order valence-corrected chi connectivity index (χ1v) is 10.9. The zero-order valence-electron chi connectivity index (χ0n) is 17.9. The van der Waals surface area contributed by atoms with E-state index in [9.17, 15) is 5.26 Å². The molecule has 6 rings (SSSR count). The maximum atomic E-state index is 9.91. The van der Waals surface area contributed by atoms with E-state index in [0.717, 1.165) is 34.0 Å². The highest BCUT2D eigenvalue weighted by atomic mass is 15.0. The Morgan fingerprint density at radius 3 is 2.52 bits per heavy atom. The van der Waals surface area contributed by atoms with Crippen LogP contribution >= 0.6 is 0 Å². The standard InChI is InChI=1S/C29H20N4/c30-17-22(29-31-26-13-4-5-14-27(26)32-29)16-23-19-33(28-15-6-3-12-25(23)28)18-21-10-7-9-20-8-1-2-11-24(20)21/h1-16,19H,18H2,(H,31,32)/b22-16+. The first kappa shape index (κ1) is 19.1. The number of rotatable bonds is 4. The maximum Gasteiger partial charge on any atom is 0.149 e. The number of hydrogen-bond acceptors (Lipinski definition) is 2. The molecule has 0 atom stereocenters. The largest absolute Gasteiger partial charge is 0.342 e. The van der Waals surface area contributed by atoms with E-state index in [4.69, 9.17) is 0 Å².